The summed E-state index contributed by atoms with van der Waals surface area (Å²) in [5.74, 6) is 1.10. The van der Waals surface area contributed by atoms with Crippen molar-refractivity contribution >= 4 is 32.2 Å². The van der Waals surface area contributed by atoms with Crippen molar-refractivity contribution in [3.63, 3.8) is 0 Å². The number of nitrogens with zero attached hydrogens (tertiary/aromatic N) is 1. The van der Waals surface area contributed by atoms with Crippen LogP contribution >= 0.6 is 0 Å². The smallest absolute Gasteiger partial charge is 0.244 e. The monoisotopic (exact) mass is 319 g/mol. The van der Waals surface area contributed by atoms with E-state index >= 15 is 0 Å². The Balaban J connectivity index is 2.94. The Bertz CT molecular complexity index is 586. The van der Waals surface area contributed by atoms with Crippen molar-refractivity contribution in [1.29, 1.82) is 0 Å². The van der Waals surface area contributed by atoms with Gasteiger partial charge in [0.2, 0.25) is 10.0 Å². The summed E-state index contributed by atoms with van der Waals surface area (Å²) >= 11 is 0. The first-order valence-electron chi connectivity index (χ1n) is 6.20. The molecule has 6 nitrogen and oxygen atoms in total. The molecule has 0 saturated heterocycles. The van der Waals surface area contributed by atoms with Gasteiger partial charge in [-0.1, -0.05) is 13.0 Å². The molecule has 0 saturated carbocycles. The summed E-state index contributed by atoms with van der Waals surface area (Å²) in [5, 5.41) is 3.03. The fourth-order valence-electron chi connectivity index (χ4n) is 1.56. The van der Waals surface area contributed by atoms with E-state index in [1.54, 1.807) is 12.1 Å². The van der Waals surface area contributed by atoms with Crippen LogP contribution in [-0.4, -0.2) is 49.1 Å². The Labute approximate surface area is 122 Å². The van der Waals surface area contributed by atoms with Gasteiger partial charge in [-0.2, -0.15) is 0 Å². The van der Waals surface area contributed by atoms with E-state index in [2.05, 4.69) is 5.32 Å². The highest BCUT2D eigenvalue weighted by atomic mass is 32.2. The zero-order valence-electron chi connectivity index (χ0n) is 11.9. The van der Waals surface area contributed by atoms with Crippen molar-refractivity contribution in [3.8, 4) is 0 Å². The van der Waals surface area contributed by atoms with Crippen molar-refractivity contribution in [2.45, 2.75) is 11.8 Å². The molecule has 1 aromatic carbocycles. The number of nitrogen functional groups attached to an aromatic ring is 1. The molecule has 0 bridgehead atoms. The third-order valence-corrected chi connectivity index (χ3v) is 5.97. The largest absolute Gasteiger partial charge is 0.396 e. The number of nitrogens with one attached hydrogen (secondary N) is 1. The molecule has 0 radical (unpaired) electrons. The number of hydrogen-bond acceptors (Lipinski definition) is 5. The molecule has 0 spiro atoms. The van der Waals surface area contributed by atoms with Crippen LogP contribution in [0.4, 0.5) is 11.4 Å². The third-order valence-electron chi connectivity index (χ3n) is 2.79. The van der Waals surface area contributed by atoms with Gasteiger partial charge in [-0.05, 0) is 12.1 Å². The minimum Gasteiger partial charge on any atom is -0.396 e. The van der Waals surface area contributed by atoms with E-state index in [-0.39, 0.29) is 10.6 Å². The fraction of sp³-hybridized carbons (Fsp3) is 0.500. The maximum Gasteiger partial charge on any atom is 0.244 e. The van der Waals surface area contributed by atoms with Crippen LogP contribution in [0.3, 0.4) is 0 Å². The highest BCUT2D eigenvalue weighted by molar-refractivity contribution is 7.89. The molecular weight excluding hydrogens is 298 g/mol. The summed E-state index contributed by atoms with van der Waals surface area (Å²) in [7, 11) is -1.52. The van der Waals surface area contributed by atoms with Crippen LogP contribution in [0.15, 0.2) is 23.1 Å². The van der Waals surface area contributed by atoms with E-state index < -0.39 is 20.8 Å². The molecule has 20 heavy (non-hydrogen) atoms. The number of nitrogens with two attached hydrogens (primary N) is 1. The number of sulfonamides is 1. The number of benzene rings is 1. The molecule has 3 N–H and O–H groups in total. The molecule has 0 aliphatic rings. The second kappa shape index (κ2) is 7.05. The average molecular weight is 319 g/mol. The molecule has 0 amide bonds. The fourth-order valence-corrected chi connectivity index (χ4v) is 3.21. The number of para-hydroxylation sites is 1. The van der Waals surface area contributed by atoms with Gasteiger partial charge in [0.15, 0.2) is 0 Å². The first-order valence-corrected chi connectivity index (χ1v) is 9.13. The standard InChI is InChI=1S/C12H21N3O3S2/c1-4-19(16)9-8-14-10-6-5-7-11(12(10)13)20(17,18)15(2)3/h5-7,14H,4,8-9,13H2,1-3H3. The minimum absolute atomic E-state index is 0.0733. The first kappa shape index (κ1) is 16.9. The Kier molecular flexibility index (Phi) is 5.97. The summed E-state index contributed by atoms with van der Waals surface area (Å²) in [6.45, 7) is 2.34. The lowest BCUT2D eigenvalue weighted by Crippen LogP contribution is -2.23. The zero-order valence-corrected chi connectivity index (χ0v) is 13.6. The summed E-state index contributed by atoms with van der Waals surface area (Å²) in [5.41, 5.74) is 6.64. The van der Waals surface area contributed by atoms with E-state index in [1.807, 2.05) is 6.92 Å². The lowest BCUT2D eigenvalue weighted by Gasteiger charge is -2.16. The first-order chi connectivity index (χ1) is 9.30. The van der Waals surface area contributed by atoms with Crippen molar-refractivity contribution in [1.82, 2.24) is 4.31 Å². The number of rotatable bonds is 7. The summed E-state index contributed by atoms with van der Waals surface area (Å²) < 4.78 is 36.7. The lowest BCUT2D eigenvalue weighted by molar-refractivity contribution is 0.521. The average Bonchev–Trinajstić information content (AvgIpc) is 2.40. The number of hydrogen-bond donors (Lipinski definition) is 2. The Morgan fingerprint density at radius 2 is 2.00 bits per heavy atom. The van der Waals surface area contributed by atoms with Gasteiger partial charge < -0.3 is 11.1 Å². The quantitative estimate of drug-likeness (QED) is 0.722. The summed E-state index contributed by atoms with van der Waals surface area (Å²) in [4.78, 5) is 0.0733. The van der Waals surface area contributed by atoms with Gasteiger partial charge in [-0.3, -0.25) is 4.21 Å². The molecule has 0 aliphatic heterocycles. The van der Waals surface area contributed by atoms with Crippen molar-refractivity contribution in [2.75, 3.05) is 43.2 Å². The lowest BCUT2D eigenvalue weighted by atomic mass is 10.2. The van der Waals surface area contributed by atoms with Crippen LogP contribution in [-0.2, 0) is 20.8 Å². The van der Waals surface area contributed by atoms with Crippen molar-refractivity contribution in [2.24, 2.45) is 0 Å². The van der Waals surface area contributed by atoms with Gasteiger partial charge in [0.25, 0.3) is 0 Å². The van der Waals surface area contributed by atoms with Crippen LogP contribution < -0.4 is 11.1 Å². The molecule has 0 heterocycles. The van der Waals surface area contributed by atoms with E-state index in [1.165, 1.54) is 20.2 Å². The maximum atomic E-state index is 12.1. The second-order valence-electron chi connectivity index (χ2n) is 4.36. The highest BCUT2D eigenvalue weighted by Gasteiger charge is 2.21. The van der Waals surface area contributed by atoms with Gasteiger partial charge in [0.05, 0.1) is 11.4 Å². The van der Waals surface area contributed by atoms with E-state index in [9.17, 15) is 12.6 Å². The van der Waals surface area contributed by atoms with E-state index in [0.717, 1.165) is 4.31 Å². The topological polar surface area (TPSA) is 92.5 Å². The normalized spacial score (nSPS) is 13.4. The van der Waals surface area contributed by atoms with Crippen LogP contribution in [0, 0.1) is 0 Å². The van der Waals surface area contributed by atoms with Gasteiger partial charge in [-0.25, -0.2) is 12.7 Å². The minimum atomic E-state index is -3.57. The van der Waals surface area contributed by atoms with Gasteiger partial charge in [-0.15, -0.1) is 0 Å². The van der Waals surface area contributed by atoms with Crippen LogP contribution in [0.25, 0.3) is 0 Å². The molecule has 8 heteroatoms. The van der Waals surface area contributed by atoms with Gasteiger partial charge in [0.1, 0.15) is 4.90 Å². The Hall–Kier alpha value is -1.12. The molecular formula is C12H21N3O3S2. The molecule has 1 rings (SSSR count). The van der Waals surface area contributed by atoms with Crippen LogP contribution in [0.5, 0.6) is 0 Å². The van der Waals surface area contributed by atoms with Crippen LogP contribution in [0.1, 0.15) is 6.92 Å². The maximum absolute atomic E-state index is 12.1. The van der Waals surface area contributed by atoms with Gasteiger partial charge in [0, 0.05) is 42.9 Å². The molecule has 1 aromatic rings. The van der Waals surface area contributed by atoms with Crippen molar-refractivity contribution < 1.29 is 12.6 Å². The molecule has 1 atom stereocenters. The number of anilines is 2. The molecule has 0 fully saturated rings. The summed E-state index contributed by atoms with van der Waals surface area (Å²) in [6, 6.07) is 4.81. The Morgan fingerprint density at radius 3 is 2.55 bits per heavy atom. The molecule has 0 aliphatic carbocycles. The highest BCUT2D eigenvalue weighted by Crippen LogP contribution is 2.27. The van der Waals surface area contributed by atoms with Gasteiger partial charge >= 0.3 is 0 Å². The third kappa shape index (κ3) is 3.94. The van der Waals surface area contributed by atoms with E-state index in [0.29, 0.717) is 23.7 Å². The zero-order chi connectivity index (χ0) is 15.3. The predicted molar refractivity (Wildman–Crippen MR) is 83.8 cm³/mol. The van der Waals surface area contributed by atoms with Crippen molar-refractivity contribution in [3.05, 3.63) is 18.2 Å². The SMILES string of the molecule is CCS(=O)CCNc1cccc(S(=O)(=O)N(C)C)c1N. The molecule has 0 aromatic heterocycles. The predicted octanol–water partition coefficient (Wildman–Crippen LogP) is 0.700. The molecule has 114 valence electrons. The van der Waals surface area contributed by atoms with Crippen LogP contribution in [0.2, 0.25) is 0 Å². The molecule has 1 unspecified atom stereocenters. The van der Waals surface area contributed by atoms with E-state index in [4.69, 9.17) is 5.73 Å². The Morgan fingerprint density at radius 1 is 1.35 bits per heavy atom. The summed E-state index contributed by atoms with van der Waals surface area (Å²) in [6.07, 6.45) is 0. The second-order valence-corrected chi connectivity index (χ2v) is 8.35.